The average molecular weight is 933 g/mol. The molecule has 8 rings (SSSR count). The van der Waals surface area contributed by atoms with Gasteiger partial charge in [0.25, 0.3) is 11.8 Å². The van der Waals surface area contributed by atoms with Crippen LogP contribution >= 0.6 is 0 Å². The fourth-order valence-corrected chi connectivity index (χ4v) is 7.82. The smallest absolute Gasteiger partial charge is 0.251 e. The van der Waals surface area contributed by atoms with Crippen molar-refractivity contribution in [3.05, 3.63) is 119 Å². The van der Waals surface area contributed by atoms with E-state index in [-0.39, 0.29) is 88.6 Å². The van der Waals surface area contributed by atoms with E-state index in [2.05, 4.69) is 10.6 Å². The summed E-state index contributed by atoms with van der Waals surface area (Å²) in [6, 6.07) is 28.5. The summed E-state index contributed by atoms with van der Waals surface area (Å²) in [6.45, 7) is 4.40. The first kappa shape index (κ1) is 47.8. The van der Waals surface area contributed by atoms with Gasteiger partial charge in [-0.3, -0.25) is 9.59 Å². The fraction of sp³-hybridized carbons (Fsp3) is 0.346. The predicted molar refractivity (Wildman–Crippen MR) is 252 cm³/mol. The number of hydrogen-bond donors (Lipinski definition) is 4. The quantitative estimate of drug-likeness (QED) is 0.128. The molecule has 16 nitrogen and oxygen atoms in total. The minimum atomic E-state index is -0.447. The number of hydrogen-bond acceptors (Lipinski definition) is 14. The van der Waals surface area contributed by atoms with Crippen LogP contribution < -0.4 is 29.6 Å². The highest BCUT2D eigenvalue weighted by Crippen LogP contribution is 2.47. The number of fused-ring (bicyclic) bond motifs is 10. The van der Waals surface area contributed by atoms with E-state index < -0.39 is 11.8 Å². The van der Waals surface area contributed by atoms with Gasteiger partial charge < -0.3 is 68.2 Å². The van der Waals surface area contributed by atoms with Crippen molar-refractivity contribution in [2.45, 2.75) is 13.1 Å². The molecule has 0 saturated heterocycles. The first-order valence-corrected chi connectivity index (χ1v) is 22.7. The molecule has 358 valence electrons. The Bertz CT molecular complexity index is 2410. The summed E-state index contributed by atoms with van der Waals surface area (Å²) in [7, 11) is 0. The van der Waals surface area contributed by atoms with Crippen molar-refractivity contribution in [2.24, 2.45) is 0 Å². The molecule has 0 fully saturated rings. The van der Waals surface area contributed by atoms with Crippen LogP contribution in [-0.2, 0) is 41.5 Å². The van der Waals surface area contributed by atoms with E-state index in [1.807, 2.05) is 60.7 Å². The zero-order valence-corrected chi connectivity index (χ0v) is 37.8. The van der Waals surface area contributed by atoms with Gasteiger partial charge in [0, 0.05) is 58.6 Å². The monoisotopic (exact) mass is 932 g/mol. The minimum absolute atomic E-state index is 0.0726. The highest BCUT2D eigenvalue weighted by Gasteiger charge is 2.23. The number of aromatic hydroxyl groups is 2. The second-order valence-corrected chi connectivity index (χ2v) is 15.8. The summed E-state index contributed by atoms with van der Waals surface area (Å²) in [4.78, 5) is 28.0. The molecule has 16 heteroatoms. The molecule has 0 saturated carbocycles. The standard InChI is InChI=1S/C52H56N2O14/c55-49-39-25-35-5-1-3-7-45(35)47(49)48-46-8-4-2-6-36(46)26-40(50(48)56)34-54-52(58)38-29-43-32-44(30-38)68-24-20-64-16-12-60-10-14-62-18-22-66-42-28-37(51(57)53-33-39)27-41(31-42)65-21-17-61-13-9-59-11-15-63-19-23-67-43/h1-8,25-32,55-56H,9-24,33-34H2,(H,53,57)(H,54,58). The van der Waals surface area contributed by atoms with Crippen molar-refractivity contribution in [3.63, 3.8) is 0 Å². The lowest BCUT2D eigenvalue weighted by molar-refractivity contribution is 0.00433. The van der Waals surface area contributed by atoms with Crippen LogP contribution in [0.4, 0.5) is 0 Å². The molecule has 10 bridgehead atoms. The number of carbonyl (C=O) groups excluding carboxylic acids is 2. The molecule has 2 aliphatic rings. The van der Waals surface area contributed by atoms with Gasteiger partial charge in [0.2, 0.25) is 0 Å². The molecule has 2 aliphatic heterocycles. The highest BCUT2D eigenvalue weighted by molar-refractivity contribution is 6.10. The second-order valence-electron chi connectivity index (χ2n) is 15.8. The molecule has 0 atom stereocenters. The molecule has 68 heavy (non-hydrogen) atoms. The summed E-state index contributed by atoms with van der Waals surface area (Å²) in [5.74, 6) is 0.399. The Morgan fingerprint density at radius 2 is 0.662 bits per heavy atom. The molecule has 0 radical (unpaired) electrons. The lowest BCUT2D eigenvalue weighted by Gasteiger charge is -2.20. The van der Waals surface area contributed by atoms with Gasteiger partial charge in [0.1, 0.15) is 60.9 Å². The molecular formula is C52H56N2O14. The third-order valence-electron chi connectivity index (χ3n) is 11.1. The van der Waals surface area contributed by atoms with Crippen molar-refractivity contribution in [3.8, 4) is 45.6 Å². The van der Waals surface area contributed by atoms with E-state index in [0.29, 0.717) is 109 Å². The number of phenols is 2. The van der Waals surface area contributed by atoms with Crippen LogP contribution in [0.25, 0.3) is 32.7 Å². The summed E-state index contributed by atoms with van der Waals surface area (Å²) < 4.78 is 58.3. The fourth-order valence-electron chi connectivity index (χ4n) is 7.82. The number of ether oxygens (including phenoxy) is 10. The Morgan fingerprint density at radius 3 is 0.985 bits per heavy atom. The van der Waals surface area contributed by atoms with E-state index in [0.717, 1.165) is 10.8 Å². The molecule has 0 aliphatic carbocycles. The largest absolute Gasteiger partial charge is 0.507 e. The summed E-state index contributed by atoms with van der Waals surface area (Å²) >= 11 is 0. The zero-order valence-electron chi connectivity index (χ0n) is 37.8. The lowest BCUT2D eigenvalue weighted by atomic mass is 9.88. The maximum atomic E-state index is 14.0. The van der Waals surface area contributed by atoms with Crippen molar-refractivity contribution in [1.82, 2.24) is 10.6 Å². The Hall–Kier alpha value is -6.66. The van der Waals surface area contributed by atoms with Crippen LogP contribution in [-0.4, -0.2) is 128 Å². The van der Waals surface area contributed by atoms with Gasteiger partial charge in [0.15, 0.2) is 0 Å². The number of carbonyl (C=O) groups is 2. The van der Waals surface area contributed by atoms with Gasteiger partial charge in [-0.2, -0.15) is 0 Å². The predicted octanol–water partition coefficient (Wildman–Crippen LogP) is 6.57. The molecule has 4 N–H and O–H groups in total. The molecule has 0 spiro atoms. The van der Waals surface area contributed by atoms with Gasteiger partial charge >= 0.3 is 0 Å². The van der Waals surface area contributed by atoms with Gasteiger partial charge in [-0.15, -0.1) is 0 Å². The van der Waals surface area contributed by atoms with E-state index in [4.69, 9.17) is 47.4 Å². The van der Waals surface area contributed by atoms with E-state index in [9.17, 15) is 19.8 Å². The lowest BCUT2D eigenvalue weighted by Crippen LogP contribution is -2.23. The number of amides is 2. The van der Waals surface area contributed by atoms with Crippen LogP contribution in [0, 0.1) is 0 Å². The van der Waals surface area contributed by atoms with Gasteiger partial charge in [-0.25, -0.2) is 0 Å². The molecule has 6 aromatic carbocycles. The van der Waals surface area contributed by atoms with Crippen molar-refractivity contribution in [1.29, 1.82) is 0 Å². The Balaban J connectivity index is 1.17. The molecule has 0 aromatic heterocycles. The number of nitrogens with one attached hydrogen (secondary N) is 2. The van der Waals surface area contributed by atoms with Crippen LogP contribution in [0.5, 0.6) is 34.5 Å². The maximum absolute atomic E-state index is 14.0. The molecule has 2 heterocycles. The van der Waals surface area contributed by atoms with E-state index >= 15 is 0 Å². The Labute approximate surface area is 393 Å². The summed E-state index contributed by atoms with van der Waals surface area (Å²) in [6.07, 6.45) is 0. The topological polar surface area (TPSA) is 191 Å². The number of rotatable bonds is 0. The molecular weight excluding hydrogens is 877 g/mol. The maximum Gasteiger partial charge on any atom is 0.251 e. The van der Waals surface area contributed by atoms with Crippen molar-refractivity contribution < 1.29 is 67.2 Å². The number of benzene rings is 6. The summed E-state index contributed by atoms with van der Waals surface area (Å²) in [5, 5.41) is 33.3. The number of phenolic OH excluding ortho intramolecular Hbond substituents is 2. The molecule has 6 aromatic rings. The third-order valence-corrected chi connectivity index (χ3v) is 11.1. The van der Waals surface area contributed by atoms with Crippen LogP contribution in [0.15, 0.2) is 97.1 Å². The van der Waals surface area contributed by atoms with Crippen molar-refractivity contribution >= 4 is 33.4 Å². The normalized spacial score (nSPS) is 17.2. The molecule has 0 unspecified atom stereocenters. The Kier molecular flexibility index (Phi) is 17.1. The van der Waals surface area contributed by atoms with Gasteiger partial charge in [-0.05, 0) is 57.9 Å². The highest BCUT2D eigenvalue weighted by atomic mass is 16.6. The SMILES string of the molecule is O=C1NCc2cc3ccccc3c(c2O)-c2c(O)c(cc3ccccc23)CNC(=O)c2cc3cc(c2)OCCOCCOCCOCCOc2cc(cc1c2)OCCOCCOCCOCCO3. The van der Waals surface area contributed by atoms with Crippen LogP contribution in [0.3, 0.4) is 0 Å². The van der Waals surface area contributed by atoms with Crippen LogP contribution in [0.1, 0.15) is 31.8 Å². The minimum Gasteiger partial charge on any atom is -0.507 e. The van der Waals surface area contributed by atoms with E-state index in [1.165, 1.54) is 0 Å². The molecule has 2 amide bonds. The van der Waals surface area contributed by atoms with Crippen molar-refractivity contribution in [2.75, 3.05) is 106 Å². The first-order valence-electron chi connectivity index (χ1n) is 22.7. The Morgan fingerprint density at radius 1 is 0.368 bits per heavy atom. The second kappa shape index (κ2) is 24.4. The first-order chi connectivity index (χ1) is 33.4. The van der Waals surface area contributed by atoms with Gasteiger partial charge in [0.05, 0.1) is 79.3 Å². The third kappa shape index (κ3) is 12.9. The summed E-state index contributed by atoms with van der Waals surface area (Å²) in [5.41, 5.74) is 2.07. The zero-order chi connectivity index (χ0) is 46.9. The van der Waals surface area contributed by atoms with E-state index in [1.54, 1.807) is 36.4 Å². The van der Waals surface area contributed by atoms with Gasteiger partial charge in [-0.1, -0.05) is 48.5 Å². The average Bonchev–Trinajstić information content (AvgIpc) is 3.35. The van der Waals surface area contributed by atoms with Crippen LogP contribution in [0.2, 0.25) is 0 Å².